The van der Waals surface area contributed by atoms with Crippen molar-refractivity contribution in [2.75, 3.05) is 14.2 Å². The lowest BCUT2D eigenvalue weighted by atomic mass is 10.0. The number of esters is 1. The van der Waals surface area contributed by atoms with Crippen LogP contribution in [0.4, 0.5) is 0 Å². The number of methoxy groups -OCH3 is 2. The second kappa shape index (κ2) is 5.07. The summed E-state index contributed by atoms with van der Waals surface area (Å²) in [6.07, 6.45) is 0. The van der Waals surface area contributed by atoms with E-state index in [0.717, 1.165) is 0 Å². The molecule has 0 heterocycles. The molecule has 0 aliphatic heterocycles. The van der Waals surface area contributed by atoms with Crippen LogP contribution in [0.25, 0.3) is 0 Å². The summed E-state index contributed by atoms with van der Waals surface area (Å²) in [6, 6.07) is 2.87. The monoisotopic (exact) mass is 244 g/mol. The highest BCUT2D eigenvalue weighted by atomic mass is 35.5. The van der Waals surface area contributed by atoms with Gasteiger partial charge in [0.2, 0.25) is 0 Å². The molecule has 1 rings (SSSR count). The van der Waals surface area contributed by atoms with Crippen LogP contribution < -0.4 is 4.74 Å². The van der Waals surface area contributed by atoms with E-state index in [1.165, 1.54) is 26.4 Å². The summed E-state index contributed by atoms with van der Waals surface area (Å²) in [6.45, 7) is 1.67. The van der Waals surface area contributed by atoms with Gasteiger partial charge in [-0.15, -0.1) is 0 Å². The quantitative estimate of drug-likeness (QED) is 0.830. The van der Waals surface area contributed by atoms with Crippen LogP contribution in [-0.4, -0.2) is 25.3 Å². The van der Waals surface area contributed by atoms with E-state index in [1.807, 2.05) is 0 Å². The van der Waals surface area contributed by atoms with Crippen LogP contribution in [0.1, 0.15) is 18.4 Å². The fraction of sp³-hybridized carbons (Fsp3) is 0.364. The first-order valence-electron chi connectivity index (χ1n) is 4.65. The highest BCUT2D eigenvalue weighted by molar-refractivity contribution is 6.31. The van der Waals surface area contributed by atoms with Crippen LogP contribution in [0.3, 0.4) is 0 Å². The molecule has 0 saturated heterocycles. The van der Waals surface area contributed by atoms with Crippen LogP contribution in [0.2, 0.25) is 5.02 Å². The normalized spacial score (nSPS) is 12.0. The molecule has 0 aliphatic rings. The fourth-order valence-corrected chi connectivity index (χ4v) is 1.68. The molecule has 1 aromatic rings. The number of ether oxygens (including phenoxy) is 2. The number of benzene rings is 1. The summed E-state index contributed by atoms with van der Waals surface area (Å²) in [5, 5.41) is 9.77. The number of carbonyl (C=O) groups is 1. The summed E-state index contributed by atoms with van der Waals surface area (Å²) in [5.74, 6) is -0.690. The van der Waals surface area contributed by atoms with Gasteiger partial charge < -0.3 is 14.6 Å². The summed E-state index contributed by atoms with van der Waals surface area (Å²) >= 11 is 5.93. The van der Waals surface area contributed by atoms with Crippen LogP contribution in [0.15, 0.2) is 12.1 Å². The second-order valence-corrected chi connectivity index (χ2v) is 3.70. The van der Waals surface area contributed by atoms with E-state index in [-0.39, 0.29) is 11.5 Å². The number of carbonyl (C=O) groups excluding carboxylic acids is 1. The summed E-state index contributed by atoms with van der Waals surface area (Å²) in [7, 11) is 2.74. The molecule has 0 radical (unpaired) electrons. The second-order valence-electron chi connectivity index (χ2n) is 3.29. The van der Waals surface area contributed by atoms with E-state index in [1.54, 1.807) is 6.92 Å². The van der Waals surface area contributed by atoms with Crippen molar-refractivity contribution < 1.29 is 19.4 Å². The molecular formula is C11H13ClO4. The molecule has 88 valence electrons. The minimum Gasteiger partial charge on any atom is -0.504 e. The first-order valence-corrected chi connectivity index (χ1v) is 5.03. The van der Waals surface area contributed by atoms with Gasteiger partial charge in [-0.25, -0.2) is 0 Å². The lowest BCUT2D eigenvalue weighted by Gasteiger charge is -2.13. The van der Waals surface area contributed by atoms with Crippen molar-refractivity contribution in [1.82, 2.24) is 0 Å². The van der Waals surface area contributed by atoms with E-state index in [2.05, 4.69) is 4.74 Å². The Balaban J connectivity index is 3.18. The Morgan fingerprint density at radius 2 is 2.06 bits per heavy atom. The maximum atomic E-state index is 11.4. The van der Waals surface area contributed by atoms with Gasteiger partial charge in [-0.05, 0) is 18.6 Å². The standard InChI is InChI=1S/C11H13ClO4/c1-6(11(14)16-3)7-4-10(15-2)9(13)5-8(7)12/h4-6,13H,1-3H3. The van der Waals surface area contributed by atoms with Crippen LogP contribution in [0, 0.1) is 0 Å². The van der Waals surface area contributed by atoms with Gasteiger partial charge in [-0.1, -0.05) is 11.6 Å². The average molecular weight is 245 g/mol. The van der Waals surface area contributed by atoms with Crippen LogP contribution in [-0.2, 0) is 9.53 Å². The number of phenolic OH excluding ortho intramolecular Hbond substituents is 1. The van der Waals surface area contributed by atoms with Crippen LogP contribution >= 0.6 is 11.6 Å². The van der Waals surface area contributed by atoms with Gasteiger partial charge in [0.25, 0.3) is 0 Å². The molecule has 0 amide bonds. The molecule has 1 unspecified atom stereocenters. The van der Waals surface area contributed by atoms with E-state index in [4.69, 9.17) is 16.3 Å². The Morgan fingerprint density at radius 3 is 2.56 bits per heavy atom. The fourth-order valence-electron chi connectivity index (χ4n) is 1.36. The number of aromatic hydroxyl groups is 1. The highest BCUT2D eigenvalue weighted by Gasteiger charge is 2.20. The van der Waals surface area contributed by atoms with Crippen molar-refractivity contribution in [3.05, 3.63) is 22.7 Å². The van der Waals surface area contributed by atoms with Crippen molar-refractivity contribution in [2.24, 2.45) is 0 Å². The zero-order chi connectivity index (χ0) is 12.3. The number of hydrogen-bond acceptors (Lipinski definition) is 4. The first-order chi connectivity index (χ1) is 7.51. The maximum absolute atomic E-state index is 11.4. The van der Waals surface area contributed by atoms with Gasteiger partial charge in [0.05, 0.1) is 20.1 Å². The van der Waals surface area contributed by atoms with Crippen molar-refractivity contribution in [2.45, 2.75) is 12.8 Å². The number of rotatable bonds is 3. The highest BCUT2D eigenvalue weighted by Crippen LogP contribution is 2.35. The summed E-state index contributed by atoms with van der Waals surface area (Å²) in [4.78, 5) is 11.4. The Kier molecular flexibility index (Phi) is 4.01. The smallest absolute Gasteiger partial charge is 0.312 e. The van der Waals surface area contributed by atoms with Gasteiger partial charge in [0, 0.05) is 11.1 Å². The molecule has 0 fully saturated rings. The van der Waals surface area contributed by atoms with Crippen molar-refractivity contribution in [3.63, 3.8) is 0 Å². The zero-order valence-electron chi connectivity index (χ0n) is 9.28. The molecule has 1 atom stereocenters. The molecule has 5 heteroatoms. The van der Waals surface area contributed by atoms with Gasteiger partial charge in [0.1, 0.15) is 0 Å². The topological polar surface area (TPSA) is 55.8 Å². The lowest BCUT2D eigenvalue weighted by molar-refractivity contribution is -0.141. The Bertz CT molecular complexity index is 403. The number of phenols is 1. The number of hydrogen-bond donors (Lipinski definition) is 1. The predicted octanol–water partition coefficient (Wildman–Crippen LogP) is 2.33. The largest absolute Gasteiger partial charge is 0.504 e. The minimum absolute atomic E-state index is 0.0617. The van der Waals surface area contributed by atoms with Gasteiger partial charge in [-0.3, -0.25) is 4.79 Å². The van der Waals surface area contributed by atoms with Crippen molar-refractivity contribution >= 4 is 17.6 Å². The SMILES string of the molecule is COC(=O)C(C)c1cc(OC)c(O)cc1Cl. The van der Waals surface area contributed by atoms with Gasteiger partial charge >= 0.3 is 5.97 Å². The third-order valence-electron chi connectivity index (χ3n) is 2.32. The van der Waals surface area contributed by atoms with E-state index >= 15 is 0 Å². The van der Waals surface area contributed by atoms with Gasteiger partial charge in [0.15, 0.2) is 11.5 Å². The molecule has 16 heavy (non-hydrogen) atoms. The van der Waals surface area contributed by atoms with Gasteiger partial charge in [-0.2, -0.15) is 0 Å². The van der Waals surface area contributed by atoms with Crippen molar-refractivity contribution in [1.29, 1.82) is 0 Å². The molecular weight excluding hydrogens is 232 g/mol. The molecule has 0 aliphatic carbocycles. The number of halogens is 1. The molecule has 4 nitrogen and oxygen atoms in total. The van der Waals surface area contributed by atoms with E-state index in [9.17, 15) is 9.90 Å². The maximum Gasteiger partial charge on any atom is 0.312 e. The Hall–Kier alpha value is -1.42. The first kappa shape index (κ1) is 12.6. The molecule has 0 saturated carbocycles. The molecule has 0 spiro atoms. The Labute approximate surface area is 98.7 Å². The van der Waals surface area contributed by atoms with Crippen molar-refractivity contribution in [3.8, 4) is 11.5 Å². The minimum atomic E-state index is -0.507. The molecule has 0 bridgehead atoms. The zero-order valence-corrected chi connectivity index (χ0v) is 10.0. The third-order valence-corrected chi connectivity index (χ3v) is 2.65. The van der Waals surface area contributed by atoms with Crippen LogP contribution in [0.5, 0.6) is 11.5 Å². The Morgan fingerprint density at radius 1 is 1.44 bits per heavy atom. The summed E-state index contributed by atoms with van der Waals surface area (Å²) < 4.78 is 9.57. The molecule has 0 aromatic heterocycles. The third kappa shape index (κ3) is 2.39. The molecule has 1 aromatic carbocycles. The average Bonchev–Trinajstić information content (AvgIpc) is 2.27. The summed E-state index contributed by atoms with van der Waals surface area (Å²) in [5.41, 5.74) is 0.558. The molecule has 1 N–H and O–H groups in total. The predicted molar refractivity (Wildman–Crippen MR) is 60.1 cm³/mol. The lowest BCUT2D eigenvalue weighted by Crippen LogP contribution is -2.11. The van der Waals surface area contributed by atoms with E-state index < -0.39 is 11.9 Å². The van der Waals surface area contributed by atoms with E-state index in [0.29, 0.717) is 10.6 Å².